The molecule has 0 unspecified atom stereocenters. The molecular formula is C21H30N4O4. The Morgan fingerprint density at radius 1 is 0.862 bits per heavy atom. The van der Waals surface area contributed by atoms with Gasteiger partial charge in [-0.05, 0) is 58.9 Å². The third-order valence-electron chi connectivity index (χ3n) is 4.35. The number of nitrogens with one attached hydrogen (secondary N) is 2. The summed E-state index contributed by atoms with van der Waals surface area (Å²) in [5, 5.41) is 5.46. The molecule has 1 heterocycles. The average molecular weight is 402 g/mol. The van der Waals surface area contributed by atoms with Crippen LogP contribution in [0.15, 0.2) is 24.3 Å². The van der Waals surface area contributed by atoms with Crippen molar-refractivity contribution in [3.05, 3.63) is 35.4 Å². The molecule has 8 heteroatoms. The quantitative estimate of drug-likeness (QED) is 0.738. The van der Waals surface area contributed by atoms with Gasteiger partial charge in [0.05, 0.1) is 0 Å². The van der Waals surface area contributed by atoms with E-state index in [0.29, 0.717) is 37.3 Å². The molecule has 0 radical (unpaired) electrons. The zero-order valence-electron chi connectivity index (χ0n) is 17.7. The van der Waals surface area contributed by atoms with Crippen LogP contribution in [-0.4, -0.2) is 71.2 Å². The first-order valence-electron chi connectivity index (χ1n) is 9.79. The van der Waals surface area contributed by atoms with Crippen LogP contribution in [0, 0.1) is 0 Å². The molecule has 1 aromatic rings. The molecular weight excluding hydrogens is 372 g/mol. The van der Waals surface area contributed by atoms with E-state index in [1.165, 1.54) is 4.90 Å². The Morgan fingerprint density at radius 2 is 1.34 bits per heavy atom. The van der Waals surface area contributed by atoms with Gasteiger partial charge in [-0.2, -0.15) is 0 Å². The number of benzene rings is 1. The summed E-state index contributed by atoms with van der Waals surface area (Å²) < 4.78 is 0. The lowest BCUT2D eigenvalue weighted by Gasteiger charge is -2.34. The van der Waals surface area contributed by atoms with E-state index in [1.54, 1.807) is 43.0 Å². The third-order valence-corrected chi connectivity index (χ3v) is 4.35. The number of carbonyl (C=O) groups is 4. The minimum absolute atomic E-state index is 0.109. The highest BCUT2D eigenvalue weighted by molar-refractivity contribution is 6.35. The highest BCUT2D eigenvalue weighted by Crippen LogP contribution is 2.12. The summed E-state index contributed by atoms with van der Waals surface area (Å²) in [6.45, 7) is 10.6. The summed E-state index contributed by atoms with van der Waals surface area (Å²) >= 11 is 0. The Hall–Kier alpha value is -2.90. The molecule has 1 aliphatic heterocycles. The molecule has 1 fully saturated rings. The van der Waals surface area contributed by atoms with Crippen LogP contribution in [0.5, 0.6) is 0 Å². The maximum Gasteiger partial charge on any atom is 0.312 e. The van der Waals surface area contributed by atoms with Crippen LogP contribution in [0.1, 0.15) is 55.3 Å². The second kappa shape index (κ2) is 9.07. The van der Waals surface area contributed by atoms with E-state index in [0.717, 1.165) is 0 Å². The van der Waals surface area contributed by atoms with Gasteiger partial charge >= 0.3 is 11.8 Å². The van der Waals surface area contributed by atoms with Crippen molar-refractivity contribution in [1.29, 1.82) is 0 Å². The predicted molar refractivity (Wildman–Crippen MR) is 109 cm³/mol. The van der Waals surface area contributed by atoms with Gasteiger partial charge in [-0.3, -0.25) is 19.2 Å². The summed E-state index contributed by atoms with van der Waals surface area (Å²) in [5.74, 6) is -1.54. The van der Waals surface area contributed by atoms with Crippen LogP contribution in [0.4, 0.5) is 0 Å². The smallest absolute Gasteiger partial charge is 0.312 e. The van der Waals surface area contributed by atoms with Crippen molar-refractivity contribution in [1.82, 2.24) is 20.4 Å². The molecule has 2 N–H and O–H groups in total. The van der Waals surface area contributed by atoms with E-state index in [4.69, 9.17) is 0 Å². The van der Waals surface area contributed by atoms with Crippen molar-refractivity contribution in [3.63, 3.8) is 0 Å². The van der Waals surface area contributed by atoms with Gasteiger partial charge in [0.15, 0.2) is 0 Å². The van der Waals surface area contributed by atoms with E-state index in [2.05, 4.69) is 10.6 Å². The SMILES string of the molecule is CC(C)NC(=O)C(=O)N1CCN(C(=O)c2ccc(C(=O)NC(C)(C)C)cc2)CC1. The normalized spacial score (nSPS) is 14.6. The molecule has 0 atom stereocenters. The number of nitrogens with zero attached hydrogens (tertiary/aromatic N) is 2. The maximum absolute atomic E-state index is 12.7. The van der Waals surface area contributed by atoms with E-state index >= 15 is 0 Å². The molecule has 8 nitrogen and oxygen atoms in total. The maximum atomic E-state index is 12.7. The van der Waals surface area contributed by atoms with E-state index in [-0.39, 0.29) is 23.4 Å². The zero-order chi connectivity index (χ0) is 21.8. The summed E-state index contributed by atoms with van der Waals surface area (Å²) in [6.07, 6.45) is 0. The molecule has 0 aromatic heterocycles. The molecule has 2 rings (SSSR count). The second-order valence-electron chi connectivity index (χ2n) is 8.49. The Morgan fingerprint density at radius 3 is 1.83 bits per heavy atom. The molecule has 0 aliphatic carbocycles. The van der Waals surface area contributed by atoms with Gasteiger partial charge in [0.2, 0.25) is 0 Å². The van der Waals surface area contributed by atoms with Crippen LogP contribution in [-0.2, 0) is 9.59 Å². The van der Waals surface area contributed by atoms with Crippen molar-refractivity contribution in [3.8, 4) is 0 Å². The lowest BCUT2D eigenvalue weighted by Crippen LogP contribution is -2.54. The fourth-order valence-corrected chi connectivity index (χ4v) is 2.94. The lowest BCUT2D eigenvalue weighted by molar-refractivity contribution is -0.147. The van der Waals surface area contributed by atoms with Crippen molar-refractivity contribution in [2.45, 2.75) is 46.2 Å². The number of carbonyl (C=O) groups excluding carboxylic acids is 4. The zero-order valence-corrected chi connectivity index (χ0v) is 17.7. The second-order valence-corrected chi connectivity index (χ2v) is 8.49. The Balaban J connectivity index is 1.93. The third kappa shape index (κ3) is 6.30. The first kappa shape index (κ1) is 22.4. The van der Waals surface area contributed by atoms with E-state index < -0.39 is 11.8 Å². The highest BCUT2D eigenvalue weighted by atomic mass is 16.2. The highest BCUT2D eigenvalue weighted by Gasteiger charge is 2.28. The minimum Gasteiger partial charge on any atom is -0.347 e. The number of amides is 4. The summed E-state index contributed by atoms with van der Waals surface area (Å²) in [5.41, 5.74) is 0.632. The van der Waals surface area contributed by atoms with Crippen LogP contribution in [0.2, 0.25) is 0 Å². The predicted octanol–water partition coefficient (Wildman–Crippen LogP) is 1.02. The average Bonchev–Trinajstić information content (AvgIpc) is 2.65. The molecule has 29 heavy (non-hydrogen) atoms. The van der Waals surface area contributed by atoms with E-state index in [9.17, 15) is 19.2 Å². The van der Waals surface area contributed by atoms with Gasteiger partial charge < -0.3 is 20.4 Å². The lowest BCUT2D eigenvalue weighted by atomic mass is 10.1. The van der Waals surface area contributed by atoms with Crippen LogP contribution < -0.4 is 10.6 Å². The number of piperazine rings is 1. The fraction of sp³-hybridized carbons (Fsp3) is 0.524. The Kier molecular flexibility index (Phi) is 7.00. The fourth-order valence-electron chi connectivity index (χ4n) is 2.94. The van der Waals surface area contributed by atoms with Crippen molar-refractivity contribution in [2.24, 2.45) is 0 Å². The van der Waals surface area contributed by atoms with Gasteiger partial charge in [0, 0.05) is 48.9 Å². The van der Waals surface area contributed by atoms with Crippen molar-refractivity contribution in [2.75, 3.05) is 26.2 Å². The molecule has 1 saturated heterocycles. The van der Waals surface area contributed by atoms with Gasteiger partial charge in [-0.25, -0.2) is 0 Å². The van der Waals surface area contributed by atoms with Crippen molar-refractivity contribution < 1.29 is 19.2 Å². The largest absolute Gasteiger partial charge is 0.347 e. The van der Waals surface area contributed by atoms with Gasteiger partial charge in [-0.1, -0.05) is 0 Å². The molecule has 0 bridgehead atoms. The van der Waals surface area contributed by atoms with Gasteiger partial charge in [-0.15, -0.1) is 0 Å². The Labute approximate surface area is 171 Å². The molecule has 1 aliphatic rings. The summed E-state index contributed by atoms with van der Waals surface area (Å²) in [6, 6.07) is 6.41. The molecule has 0 spiro atoms. The van der Waals surface area contributed by atoms with Crippen LogP contribution >= 0.6 is 0 Å². The van der Waals surface area contributed by atoms with Crippen LogP contribution in [0.25, 0.3) is 0 Å². The summed E-state index contributed by atoms with van der Waals surface area (Å²) in [7, 11) is 0. The number of hydrogen-bond acceptors (Lipinski definition) is 4. The minimum atomic E-state index is -0.621. The first-order chi connectivity index (χ1) is 13.5. The Bertz CT molecular complexity index is 773. The molecule has 4 amide bonds. The topological polar surface area (TPSA) is 98.8 Å². The van der Waals surface area contributed by atoms with Crippen molar-refractivity contribution >= 4 is 23.6 Å². The van der Waals surface area contributed by atoms with Crippen LogP contribution in [0.3, 0.4) is 0 Å². The molecule has 0 saturated carbocycles. The molecule has 1 aromatic carbocycles. The summed E-state index contributed by atoms with van der Waals surface area (Å²) in [4.78, 5) is 52.0. The van der Waals surface area contributed by atoms with Gasteiger partial charge in [0.1, 0.15) is 0 Å². The van der Waals surface area contributed by atoms with Gasteiger partial charge in [0.25, 0.3) is 11.8 Å². The monoisotopic (exact) mass is 402 g/mol. The molecule has 158 valence electrons. The standard InChI is InChI=1S/C21H30N4O4/c1-14(2)22-18(27)20(29)25-12-10-24(11-13-25)19(28)16-8-6-15(7-9-16)17(26)23-21(3,4)5/h6-9,14H,10-13H2,1-5H3,(H,22,27)(H,23,26). The first-order valence-corrected chi connectivity index (χ1v) is 9.79. The van der Waals surface area contributed by atoms with E-state index in [1.807, 2.05) is 20.8 Å². The number of rotatable bonds is 3. The number of hydrogen-bond donors (Lipinski definition) is 2.